The quantitative estimate of drug-likeness (QED) is 0.435. The van der Waals surface area contributed by atoms with Gasteiger partial charge in [0.05, 0.1) is 6.54 Å². The number of carbonyl (C=O) groups is 2. The largest absolute Gasteiger partial charge is 0.355 e. The SMILES string of the molecule is C=CCN1C(=O)C(C(=O)NCCCCC)c2c(sc3ccccc23)S1(=O)=O. The molecule has 1 N–H and O–H groups in total. The number of benzene rings is 1. The molecule has 0 bridgehead atoms. The predicted molar refractivity (Wildman–Crippen MR) is 106 cm³/mol. The summed E-state index contributed by atoms with van der Waals surface area (Å²) in [4.78, 5) is 25.9. The molecule has 8 heteroatoms. The summed E-state index contributed by atoms with van der Waals surface area (Å²) in [6.45, 7) is 5.90. The van der Waals surface area contributed by atoms with Gasteiger partial charge < -0.3 is 5.32 Å². The Morgan fingerprint density at radius 2 is 2.07 bits per heavy atom. The zero-order chi connectivity index (χ0) is 19.6. The van der Waals surface area contributed by atoms with Gasteiger partial charge in [-0.2, -0.15) is 0 Å². The normalized spacial score (nSPS) is 18.3. The number of sulfonamides is 1. The van der Waals surface area contributed by atoms with Crippen LogP contribution in [0.25, 0.3) is 10.1 Å². The second-order valence-corrected chi connectivity index (χ2v) is 9.50. The number of nitrogens with zero attached hydrogens (tertiary/aromatic N) is 1. The van der Waals surface area contributed by atoms with Gasteiger partial charge in [0.15, 0.2) is 0 Å². The van der Waals surface area contributed by atoms with Crippen molar-refractivity contribution >= 4 is 43.3 Å². The highest BCUT2D eigenvalue weighted by atomic mass is 32.2. The van der Waals surface area contributed by atoms with E-state index in [0.717, 1.165) is 39.6 Å². The average molecular weight is 407 g/mol. The minimum Gasteiger partial charge on any atom is -0.355 e. The number of rotatable bonds is 7. The fourth-order valence-electron chi connectivity index (χ4n) is 3.23. The van der Waals surface area contributed by atoms with Crippen molar-refractivity contribution in [3.05, 3.63) is 42.5 Å². The van der Waals surface area contributed by atoms with Gasteiger partial charge in [-0.05, 0) is 17.9 Å². The van der Waals surface area contributed by atoms with Gasteiger partial charge in [0.2, 0.25) is 5.91 Å². The van der Waals surface area contributed by atoms with Crippen molar-refractivity contribution in [1.82, 2.24) is 9.62 Å². The molecular weight excluding hydrogens is 384 g/mol. The predicted octanol–water partition coefficient (Wildman–Crippen LogP) is 3.01. The van der Waals surface area contributed by atoms with Crippen molar-refractivity contribution in [2.75, 3.05) is 13.1 Å². The fraction of sp³-hybridized carbons (Fsp3) is 0.368. The number of carbonyl (C=O) groups excluding carboxylic acids is 2. The van der Waals surface area contributed by atoms with Crippen molar-refractivity contribution < 1.29 is 18.0 Å². The number of amides is 2. The molecule has 2 aromatic rings. The molecule has 144 valence electrons. The van der Waals surface area contributed by atoms with E-state index < -0.39 is 27.8 Å². The van der Waals surface area contributed by atoms with E-state index in [-0.39, 0.29) is 10.8 Å². The lowest BCUT2D eigenvalue weighted by Gasteiger charge is -2.30. The first-order valence-electron chi connectivity index (χ1n) is 8.90. The van der Waals surface area contributed by atoms with Gasteiger partial charge in [-0.3, -0.25) is 9.59 Å². The van der Waals surface area contributed by atoms with E-state index in [9.17, 15) is 18.0 Å². The van der Waals surface area contributed by atoms with E-state index in [2.05, 4.69) is 18.8 Å². The highest BCUT2D eigenvalue weighted by molar-refractivity contribution is 7.92. The molecule has 3 rings (SSSR count). The second-order valence-electron chi connectivity index (χ2n) is 6.39. The first-order chi connectivity index (χ1) is 12.9. The van der Waals surface area contributed by atoms with Crippen LogP contribution in [-0.4, -0.2) is 37.6 Å². The Hall–Kier alpha value is -2.19. The van der Waals surface area contributed by atoms with Gasteiger partial charge in [-0.15, -0.1) is 17.9 Å². The van der Waals surface area contributed by atoms with E-state index in [0.29, 0.717) is 17.5 Å². The fourth-order valence-corrected chi connectivity index (χ4v) is 6.51. The molecule has 2 amide bonds. The molecule has 0 saturated carbocycles. The molecule has 0 saturated heterocycles. The third kappa shape index (κ3) is 3.39. The van der Waals surface area contributed by atoms with Crippen LogP contribution in [0.5, 0.6) is 0 Å². The minimum atomic E-state index is -4.00. The number of unbranched alkanes of at least 4 members (excludes halogenated alkanes) is 2. The van der Waals surface area contributed by atoms with Gasteiger partial charge >= 0.3 is 0 Å². The van der Waals surface area contributed by atoms with Crippen LogP contribution in [0.2, 0.25) is 0 Å². The summed E-state index contributed by atoms with van der Waals surface area (Å²) in [5, 5.41) is 3.44. The third-order valence-corrected chi connectivity index (χ3v) is 8.00. The zero-order valence-corrected chi connectivity index (χ0v) is 16.7. The number of hydrogen-bond donors (Lipinski definition) is 1. The van der Waals surface area contributed by atoms with Gasteiger partial charge in [0.25, 0.3) is 15.9 Å². The van der Waals surface area contributed by atoms with Crippen LogP contribution >= 0.6 is 11.3 Å². The van der Waals surface area contributed by atoms with Crippen LogP contribution in [0.15, 0.2) is 41.1 Å². The molecular formula is C19H22N2O4S2. The summed E-state index contributed by atoms with van der Waals surface area (Å²) in [6.07, 6.45) is 4.16. The first kappa shape index (κ1) is 19.6. The van der Waals surface area contributed by atoms with Crippen molar-refractivity contribution in [1.29, 1.82) is 0 Å². The summed E-state index contributed by atoms with van der Waals surface area (Å²) in [7, 11) is -4.00. The highest BCUT2D eigenvalue weighted by Gasteiger charge is 2.48. The summed E-state index contributed by atoms with van der Waals surface area (Å²) in [6, 6.07) is 7.14. The van der Waals surface area contributed by atoms with Crippen molar-refractivity contribution in [3.63, 3.8) is 0 Å². The molecule has 1 atom stereocenters. The second kappa shape index (κ2) is 7.82. The summed E-state index contributed by atoms with van der Waals surface area (Å²) >= 11 is 1.10. The number of hydrogen-bond acceptors (Lipinski definition) is 5. The Bertz CT molecular complexity index is 994. The summed E-state index contributed by atoms with van der Waals surface area (Å²) in [5.74, 6) is -2.34. The van der Waals surface area contributed by atoms with Crippen molar-refractivity contribution in [2.45, 2.75) is 36.3 Å². The highest BCUT2D eigenvalue weighted by Crippen LogP contribution is 2.44. The first-order valence-corrected chi connectivity index (χ1v) is 11.2. The monoisotopic (exact) mass is 406 g/mol. The summed E-state index contributed by atoms with van der Waals surface area (Å²) in [5.41, 5.74) is 0.300. The van der Waals surface area contributed by atoms with Crippen molar-refractivity contribution in [3.8, 4) is 0 Å². The smallest absolute Gasteiger partial charge is 0.276 e. The topological polar surface area (TPSA) is 83.6 Å². The molecule has 6 nitrogen and oxygen atoms in total. The Morgan fingerprint density at radius 1 is 1.33 bits per heavy atom. The molecule has 1 aliphatic heterocycles. The number of thiophene rings is 1. The Kier molecular flexibility index (Phi) is 5.67. The maximum Gasteiger partial charge on any atom is 0.276 e. The Balaban J connectivity index is 2.11. The Labute approximate surface area is 162 Å². The molecule has 1 unspecified atom stereocenters. The molecule has 2 heterocycles. The minimum absolute atomic E-state index is 0.0684. The van der Waals surface area contributed by atoms with Gasteiger partial charge in [-0.1, -0.05) is 44.0 Å². The van der Waals surface area contributed by atoms with E-state index >= 15 is 0 Å². The molecule has 1 aromatic heterocycles. The van der Waals surface area contributed by atoms with Crippen LogP contribution in [0.1, 0.15) is 37.7 Å². The van der Waals surface area contributed by atoms with Gasteiger partial charge in [0.1, 0.15) is 10.1 Å². The van der Waals surface area contributed by atoms with E-state index in [1.54, 1.807) is 24.3 Å². The lowest BCUT2D eigenvalue weighted by molar-refractivity contribution is -0.135. The third-order valence-electron chi connectivity index (χ3n) is 4.54. The van der Waals surface area contributed by atoms with Crippen LogP contribution in [0.3, 0.4) is 0 Å². The molecule has 27 heavy (non-hydrogen) atoms. The Morgan fingerprint density at radius 3 is 2.78 bits per heavy atom. The molecule has 0 radical (unpaired) electrons. The van der Waals surface area contributed by atoms with Crippen LogP contribution < -0.4 is 5.32 Å². The summed E-state index contributed by atoms with van der Waals surface area (Å²) < 4.78 is 27.5. The lowest BCUT2D eigenvalue weighted by Crippen LogP contribution is -2.48. The van der Waals surface area contributed by atoms with E-state index in [4.69, 9.17) is 0 Å². The van der Waals surface area contributed by atoms with E-state index in [1.165, 1.54) is 6.08 Å². The van der Waals surface area contributed by atoms with Crippen LogP contribution in [0, 0.1) is 0 Å². The van der Waals surface area contributed by atoms with Crippen LogP contribution in [0.4, 0.5) is 0 Å². The number of fused-ring (bicyclic) bond motifs is 3. The number of nitrogens with one attached hydrogen (secondary N) is 1. The molecule has 0 aliphatic carbocycles. The maximum absolute atomic E-state index is 13.0. The van der Waals surface area contributed by atoms with Crippen LogP contribution in [-0.2, 0) is 19.6 Å². The molecule has 1 aromatic carbocycles. The zero-order valence-electron chi connectivity index (χ0n) is 15.1. The molecule has 0 fully saturated rings. The average Bonchev–Trinajstić information content (AvgIpc) is 3.03. The maximum atomic E-state index is 13.0. The van der Waals surface area contributed by atoms with Gasteiger partial charge in [-0.25, -0.2) is 12.7 Å². The van der Waals surface area contributed by atoms with E-state index in [1.807, 2.05) is 0 Å². The molecule has 0 spiro atoms. The van der Waals surface area contributed by atoms with Crippen molar-refractivity contribution in [2.24, 2.45) is 0 Å². The lowest BCUT2D eigenvalue weighted by atomic mass is 9.96. The standard InChI is InChI=1S/C19H22N2O4S2/c1-3-5-8-11-20-17(22)16-15-13-9-6-7-10-14(13)26-19(15)27(24,25)21(12-4-2)18(16)23/h4,6-7,9-10,16H,2-3,5,8,11-12H2,1H3,(H,20,22). The molecule has 1 aliphatic rings. The van der Waals surface area contributed by atoms with Gasteiger partial charge in [0, 0.05) is 16.8 Å².